The molecule has 8 heteroatoms. The summed E-state index contributed by atoms with van der Waals surface area (Å²) >= 11 is 0. The van der Waals surface area contributed by atoms with E-state index in [0.29, 0.717) is 18.9 Å². The highest BCUT2D eigenvalue weighted by atomic mass is 16.5. The van der Waals surface area contributed by atoms with E-state index in [1.54, 1.807) is 14.2 Å². The molecule has 3 aromatic rings. The normalized spacial score (nSPS) is 10.5. The molecule has 0 aliphatic rings. The van der Waals surface area contributed by atoms with Gasteiger partial charge in [-0.15, -0.1) is 5.10 Å². The fourth-order valence-electron chi connectivity index (χ4n) is 2.74. The lowest BCUT2D eigenvalue weighted by molar-refractivity contribution is 0.240. The van der Waals surface area contributed by atoms with Crippen molar-refractivity contribution >= 4 is 6.03 Å². The maximum Gasteiger partial charge on any atom is 0.345 e. The molecule has 0 atom stereocenters. The average molecular weight is 381 g/mol. The smallest absolute Gasteiger partial charge is 0.345 e. The van der Waals surface area contributed by atoms with Crippen LogP contribution in [0.2, 0.25) is 0 Å². The number of hydrogen-bond acceptors (Lipinski definition) is 4. The zero-order chi connectivity index (χ0) is 19.9. The van der Waals surface area contributed by atoms with Crippen molar-refractivity contribution in [3.8, 4) is 17.1 Å². The number of nitrogens with zero attached hydrogens (tertiary/aromatic N) is 3. The minimum atomic E-state index is -0.303. The number of rotatable bonds is 7. The van der Waals surface area contributed by atoms with Gasteiger partial charge in [0, 0.05) is 25.7 Å². The number of benzene rings is 2. The number of urea groups is 1. The van der Waals surface area contributed by atoms with Crippen LogP contribution in [0.15, 0.2) is 59.4 Å². The summed E-state index contributed by atoms with van der Waals surface area (Å²) in [5.41, 5.74) is 1.61. The van der Waals surface area contributed by atoms with Gasteiger partial charge in [-0.05, 0) is 17.7 Å². The number of aromatic nitrogens is 3. The Labute approximate surface area is 162 Å². The third kappa shape index (κ3) is 4.59. The molecular weight excluding hydrogens is 358 g/mol. The van der Waals surface area contributed by atoms with Gasteiger partial charge in [-0.1, -0.05) is 42.5 Å². The zero-order valence-corrected chi connectivity index (χ0v) is 15.9. The summed E-state index contributed by atoms with van der Waals surface area (Å²) in [5, 5.41) is 9.88. The van der Waals surface area contributed by atoms with Gasteiger partial charge in [0.15, 0.2) is 5.82 Å². The molecule has 0 aliphatic carbocycles. The molecule has 0 spiro atoms. The van der Waals surface area contributed by atoms with E-state index in [4.69, 9.17) is 4.74 Å². The molecule has 28 heavy (non-hydrogen) atoms. The Morgan fingerprint density at radius 2 is 1.79 bits per heavy atom. The number of nitrogens with one attached hydrogen (secondary N) is 2. The molecular formula is C20H23N5O3. The van der Waals surface area contributed by atoms with Gasteiger partial charge in [-0.2, -0.15) is 0 Å². The Bertz CT molecular complexity index is 977. The van der Waals surface area contributed by atoms with E-state index in [1.165, 1.54) is 9.25 Å². The summed E-state index contributed by atoms with van der Waals surface area (Å²) in [7, 11) is 3.29. The van der Waals surface area contributed by atoms with E-state index in [0.717, 1.165) is 16.9 Å². The summed E-state index contributed by atoms with van der Waals surface area (Å²) in [5.74, 6) is 1.36. The fraction of sp³-hybridized carbons (Fsp3) is 0.250. The fourth-order valence-corrected chi connectivity index (χ4v) is 2.74. The Balaban J connectivity index is 1.50. The van der Waals surface area contributed by atoms with Crippen LogP contribution in [-0.2, 0) is 20.1 Å². The first-order chi connectivity index (χ1) is 13.6. The Kier molecular flexibility index (Phi) is 6.11. The number of carbonyl (C=O) groups is 1. The van der Waals surface area contributed by atoms with Crippen LogP contribution in [0, 0.1) is 0 Å². The standard InChI is InChI=1S/C20H23N5O3/c1-24-18(16-6-4-3-5-7-16)23-25(20(24)27)13-12-21-19(26)22-14-15-8-10-17(28-2)11-9-15/h3-11H,12-14H2,1-2H3,(H2,21,22,26). The van der Waals surface area contributed by atoms with Crippen molar-refractivity contribution in [3.05, 3.63) is 70.6 Å². The molecule has 0 fully saturated rings. The molecule has 0 radical (unpaired) electrons. The van der Waals surface area contributed by atoms with Crippen LogP contribution in [0.4, 0.5) is 4.79 Å². The summed E-state index contributed by atoms with van der Waals surface area (Å²) in [4.78, 5) is 24.3. The SMILES string of the molecule is COc1ccc(CNC(=O)NCCn2nc(-c3ccccc3)n(C)c2=O)cc1. The van der Waals surface area contributed by atoms with Gasteiger partial charge in [0.2, 0.25) is 0 Å². The minimum Gasteiger partial charge on any atom is -0.497 e. The molecule has 3 rings (SSSR count). The predicted octanol–water partition coefficient (Wildman–Crippen LogP) is 1.76. The van der Waals surface area contributed by atoms with E-state index < -0.39 is 0 Å². The molecule has 1 heterocycles. The van der Waals surface area contributed by atoms with Crippen LogP contribution in [0.5, 0.6) is 5.75 Å². The number of carbonyl (C=O) groups excluding carboxylic acids is 1. The Hall–Kier alpha value is -3.55. The van der Waals surface area contributed by atoms with Gasteiger partial charge < -0.3 is 15.4 Å². The maximum absolute atomic E-state index is 12.3. The first-order valence-corrected chi connectivity index (χ1v) is 8.92. The predicted molar refractivity (Wildman–Crippen MR) is 106 cm³/mol. The van der Waals surface area contributed by atoms with Crippen molar-refractivity contribution in [1.29, 1.82) is 0 Å². The van der Waals surface area contributed by atoms with Crippen molar-refractivity contribution in [2.45, 2.75) is 13.1 Å². The second kappa shape index (κ2) is 8.90. The summed E-state index contributed by atoms with van der Waals surface area (Å²) in [6, 6.07) is 16.7. The molecule has 2 N–H and O–H groups in total. The zero-order valence-electron chi connectivity index (χ0n) is 15.9. The van der Waals surface area contributed by atoms with Crippen LogP contribution in [0.25, 0.3) is 11.4 Å². The van der Waals surface area contributed by atoms with Gasteiger partial charge in [0.05, 0.1) is 13.7 Å². The molecule has 8 nitrogen and oxygen atoms in total. The van der Waals surface area contributed by atoms with Gasteiger partial charge in [-0.3, -0.25) is 4.57 Å². The van der Waals surface area contributed by atoms with E-state index in [1.807, 2.05) is 54.6 Å². The van der Waals surface area contributed by atoms with Crippen molar-refractivity contribution < 1.29 is 9.53 Å². The molecule has 0 saturated carbocycles. The number of methoxy groups -OCH3 is 1. The van der Waals surface area contributed by atoms with Crippen LogP contribution in [0.3, 0.4) is 0 Å². The van der Waals surface area contributed by atoms with Crippen LogP contribution in [-0.4, -0.2) is 34.0 Å². The quantitative estimate of drug-likeness (QED) is 0.653. The van der Waals surface area contributed by atoms with Gasteiger partial charge in [-0.25, -0.2) is 14.3 Å². The Morgan fingerprint density at radius 1 is 1.07 bits per heavy atom. The number of ether oxygens (including phenoxy) is 1. The van der Waals surface area contributed by atoms with Gasteiger partial charge in [0.1, 0.15) is 5.75 Å². The van der Waals surface area contributed by atoms with E-state index >= 15 is 0 Å². The number of amides is 2. The van der Waals surface area contributed by atoms with Gasteiger partial charge in [0.25, 0.3) is 0 Å². The second-order valence-corrected chi connectivity index (χ2v) is 6.21. The lowest BCUT2D eigenvalue weighted by Crippen LogP contribution is -2.38. The molecule has 0 bridgehead atoms. The molecule has 2 aromatic carbocycles. The second-order valence-electron chi connectivity index (χ2n) is 6.21. The van der Waals surface area contributed by atoms with Crippen molar-refractivity contribution in [2.24, 2.45) is 7.05 Å². The Morgan fingerprint density at radius 3 is 2.46 bits per heavy atom. The summed E-state index contributed by atoms with van der Waals surface area (Å²) in [6.07, 6.45) is 0. The van der Waals surface area contributed by atoms with E-state index in [-0.39, 0.29) is 18.3 Å². The monoisotopic (exact) mass is 381 g/mol. The summed E-state index contributed by atoms with van der Waals surface area (Å²) < 4.78 is 7.96. The average Bonchev–Trinajstić information content (AvgIpc) is 3.02. The van der Waals surface area contributed by atoms with Crippen LogP contribution in [0.1, 0.15) is 5.56 Å². The molecule has 0 saturated heterocycles. The third-order valence-corrected chi connectivity index (χ3v) is 4.29. The highest BCUT2D eigenvalue weighted by Gasteiger charge is 2.11. The van der Waals surface area contributed by atoms with Crippen molar-refractivity contribution in [2.75, 3.05) is 13.7 Å². The van der Waals surface area contributed by atoms with Gasteiger partial charge >= 0.3 is 11.7 Å². The molecule has 146 valence electrons. The molecule has 0 unspecified atom stereocenters. The molecule has 1 aromatic heterocycles. The molecule has 2 amide bonds. The maximum atomic E-state index is 12.3. The lowest BCUT2D eigenvalue weighted by Gasteiger charge is -2.08. The minimum absolute atomic E-state index is 0.223. The van der Waals surface area contributed by atoms with Crippen LogP contribution >= 0.6 is 0 Å². The summed E-state index contributed by atoms with van der Waals surface area (Å²) in [6.45, 7) is 0.979. The van der Waals surface area contributed by atoms with Crippen molar-refractivity contribution in [3.63, 3.8) is 0 Å². The lowest BCUT2D eigenvalue weighted by atomic mass is 10.2. The number of hydrogen-bond donors (Lipinski definition) is 2. The third-order valence-electron chi connectivity index (χ3n) is 4.29. The molecule has 0 aliphatic heterocycles. The first kappa shape index (κ1) is 19.2. The topological polar surface area (TPSA) is 90.2 Å². The van der Waals surface area contributed by atoms with E-state index in [9.17, 15) is 9.59 Å². The van der Waals surface area contributed by atoms with E-state index in [2.05, 4.69) is 15.7 Å². The largest absolute Gasteiger partial charge is 0.497 e. The highest BCUT2D eigenvalue weighted by Crippen LogP contribution is 2.13. The highest BCUT2D eigenvalue weighted by molar-refractivity contribution is 5.73. The van der Waals surface area contributed by atoms with Crippen molar-refractivity contribution in [1.82, 2.24) is 25.0 Å². The first-order valence-electron chi connectivity index (χ1n) is 8.92. The van der Waals surface area contributed by atoms with Crippen LogP contribution < -0.4 is 21.1 Å².